The molecule has 5 fully saturated rings. The lowest BCUT2D eigenvalue weighted by Crippen LogP contribution is -2.64. The van der Waals surface area contributed by atoms with Gasteiger partial charge in [0, 0.05) is 11.3 Å². The summed E-state index contributed by atoms with van der Waals surface area (Å²) in [6.07, 6.45) is 7.94. The quantitative estimate of drug-likeness (QED) is 0.814. The fourth-order valence-corrected chi connectivity index (χ4v) is 7.52. The van der Waals surface area contributed by atoms with E-state index in [1.54, 1.807) is 12.1 Å². The molecule has 28 heavy (non-hydrogen) atoms. The second kappa shape index (κ2) is 7.05. The van der Waals surface area contributed by atoms with Crippen LogP contribution in [0.1, 0.15) is 44.1 Å². The third kappa shape index (κ3) is 3.56. The summed E-state index contributed by atoms with van der Waals surface area (Å²) in [6.45, 7) is 0. The van der Waals surface area contributed by atoms with Gasteiger partial charge in [0.15, 0.2) is 0 Å². The van der Waals surface area contributed by atoms with Gasteiger partial charge in [0.2, 0.25) is 11.8 Å². The molecule has 4 aliphatic carbocycles. The molecule has 1 aliphatic heterocycles. The summed E-state index contributed by atoms with van der Waals surface area (Å²) in [6, 6.07) is 5.82. The monoisotopic (exact) mass is 402 g/mol. The summed E-state index contributed by atoms with van der Waals surface area (Å²) >= 11 is 1.53. The van der Waals surface area contributed by atoms with Crippen molar-refractivity contribution in [2.24, 2.45) is 17.8 Å². The van der Waals surface area contributed by atoms with Gasteiger partial charge in [-0.15, -0.1) is 11.8 Å². The van der Waals surface area contributed by atoms with Gasteiger partial charge in [-0.25, -0.2) is 4.39 Å². The molecule has 0 aromatic heterocycles. The molecule has 6 rings (SSSR count). The van der Waals surface area contributed by atoms with E-state index < -0.39 is 6.04 Å². The Morgan fingerprint density at radius 1 is 1.11 bits per heavy atom. The molecule has 1 aromatic carbocycles. The second-order valence-electron chi connectivity index (χ2n) is 9.40. The third-order valence-corrected chi connectivity index (χ3v) is 8.46. The lowest BCUT2D eigenvalue weighted by atomic mass is 9.53. The van der Waals surface area contributed by atoms with E-state index in [0.29, 0.717) is 12.2 Å². The Labute approximate surface area is 169 Å². The Bertz CT molecular complexity index is 746. The van der Waals surface area contributed by atoms with Crippen LogP contribution in [0.25, 0.3) is 0 Å². The highest BCUT2D eigenvalue weighted by Crippen LogP contribution is 2.55. The van der Waals surface area contributed by atoms with Crippen LogP contribution in [0.4, 0.5) is 4.39 Å². The summed E-state index contributed by atoms with van der Waals surface area (Å²) in [5.41, 5.74) is 0.914. The van der Waals surface area contributed by atoms with Gasteiger partial charge in [0.05, 0.1) is 5.25 Å². The maximum atomic E-state index is 13.1. The number of nitrogens with one attached hydrogen (secondary N) is 2. The van der Waals surface area contributed by atoms with Crippen LogP contribution in [0.3, 0.4) is 0 Å². The summed E-state index contributed by atoms with van der Waals surface area (Å²) in [7, 11) is 0. The van der Waals surface area contributed by atoms with Crippen molar-refractivity contribution in [2.45, 2.75) is 61.8 Å². The van der Waals surface area contributed by atoms with E-state index in [-0.39, 0.29) is 28.4 Å². The molecule has 5 aliphatic rings. The number of thioether (sulfide) groups is 1. The van der Waals surface area contributed by atoms with Crippen molar-refractivity contribution in [2.75, 3.05) is 5.75 Å². The summed E-state index contributed by atoms with van der Waals surface area (Å²) < 4.78 is 13.1. The molecule has 4 saturated carbocycles. The first-order valence-corrected chi connectivity index (χ1v) is 11.5. The Hall–Kier alpha value is -1.56. The van der Waals surface area contributed by atoms with Crippen LogP contribution in [0.2, 0.25) is 0 Å². The van der Waals surface area contributed by atoms with Gasteiger partial charge in [0.1, 0.15) is 11.9 Å². The van der Waals surface area contributed by atoms with E-state index in [1.165, 1.54) is 43.2 Å². The van der Waals surface area contributed by atoms with Crippen molar-refractivity contribution in [3.8, 4) is 0 Å². The molecule has 0 spiro atoms. The van der Waals surface area contributed by atoms with Gasteiger partial charge in [-0.05, 0) is 80.4 Å². The molecule has 4 nitrogen and oxygen atoms in total. The molecular weight excluding hydrogens is 375 g/mol. The van der Waals surface area contributed by atoms with Gasteiger partial charge < -0.3 is 10.6 Å². The minimum absolute atomic E-state index is 0.0111. The number of rotatable bonds is 4. The first-order chi connectivity index (χ1) is 13.5. The van der Waals surface area contributed by atoms with Crippen LogP contribution in [0.5, 0.6) is 0 Å². The van der Waals surface area contributed by atoms with Crippen molar-refractivity contribution in [3.05, 3.63) is 35.6 Å². The lowest BCUT2D eigenvalue weighted by Gasteiger charge is -2.57. The molecule has 2 amide bonds. The Morgan fingerprint density at radius 3 is 2.29 bits per heavy atom. The second-order valence-corrected chi connectivity index (χ2v) is 10.6. The average Bonchev–Trinajstić information content (AvgIpc) is 2.63. The fraction of sp³-hybridized carbons (Fsp3) is 0.636. The van der Waals surface area contributed by atoms with Crippen molar-refractivity contribution in [1.29, 1.82) is 0 Å². The molecule has 150 valence electrons. The molecule has 4 bridgehead atoms. The van der Waals surface area contributed by atoms with Gasteiger partial charge in [-0.2, -0.15) is 0 Å². The smallest absolute Gasteiger partial charge is 0.243 e. The van der Waals surface area contributed by atoms with Crippen LogP contribution >= 0.6 is 11.8 Å². The highest BCUT2D eigenvalue weighted by atomic mass is 32.2. The zero-order valence-corrected chi connectivity index (χ0v) is 16.8. The Balaban J connectivity index is 1.19. The van der Waals surface area contributed by atoms with Gasteiger partial charge >= 0.3 is 0 Å². The van der Waals surface area contributed by atoms with Gasteiger partial charge in [-0.1, -0.05) is 12.1 Å². The minimum Gasteiger partial charge on any atom is -0.349 e. The maximum absolute atomic E-state index is 13.1. The number of halogens is 1. The van der Waals surface area contributed by atoms with Crippen LogP contribution in [-0.4, -0.2) is 34.4 Å². The zero-order valence-electron chi connectivity index (χ0n) is 16.0. The van der Waals surface area contributed by atoms with E-state index in [0.717, 1.165) is 42.6 Å². The van der Waals surface area contributed by atoms with Crippen molar-refractivity contribution < 1.29 is 14.0 Å². The zero-order chi connectivity index (χ0) is 19.3. The van der Waals surface area contributed by atoms with Crippen LogP contribution in [0, 0.1) is 23.6 Å². The van der Waals surface area contributed by atoms with E-state index in [1.807, 2.05) is 0 Å². The molecule has 6 heteroatoms. The maximum Gasteiger partial charge on any atom is 0.243 e. The topological polar surface area (TPSA) is 58.2 Å². The number of hydrogen-bond donors (Lipinski definition) is 2. The number of amides is 2. The first kappa shape index (κ1) is 18.5. The molecule has 1 heterocycles. The van der Waals surface area contributed by atoms with Crippen molar-refractivity contribution in [3.63, 3.8) is 0 Å². The third-order valence-electron chi connectivity index (χ3n) is 7.15. The van der Waals surface area contributed by atoms with E-state index in [9.17, 15) is 14.0 Å². The fourth-order valence-electron chi connectivity index (χ4n) is 6.33. The van der Waals surface area contributed by atoms with E-state index in [4.69, 9.17) is 0 Å². The summed E-state index contributed by atoms with van der Waals surface area (Å²) in [5, 5.41) is 6.08. The molecule has 1 saturated heterocycles. The van der Waals surface area contributed by atoms with Gasteiger partial charge in [-0.3, -0.25) is 9.59 Å². The SMILES string of the molecule is O=C(NC12CC3CC(CC(C3)C1)C2)C1CSC(Cc2ccc(F)cc2)C(=O)N1. The number of hydrogen-bond acceptors (Lipinski definition) is 3. The molecule has 2 atom stereocenters. The molecule has 1 aromatic rings. The summed E-state index contributed by atoms with van der Waals surface area (Å²) in [5.74, 6) is 2.56. The van der Waals surface area contributed by atoms with Crippen molar-refractivity contribution in [1.82, 2.24) is 10.6 Å². The Morgan fingerprint density at radius 2 is 1.71 bits per heavy atom. The van der Waals surface area contributed by atoms with Gasteiger partial charge in [0.25, 0.3) is 0 Å². The predicted octanol–water partition coefficient (Wildman–Crippen LogP) is 3.05. The van der Waals surface area contributed by atoms with E-state index in [2.05, 4.69) is 10.6 Å². The van der Waals surface area contributed by atoms with Crippen LogP contribution in [0.15, 0.2) is 24.3 Å². The van der Waals surface area contributed by atoms with Crippen molar-refractivity contribution >= 4 is 23.6 Å². The lowest BCUT2D eigenvalue weighted by molar-refractivity contribution is -0.132. The number of benzene rings is 1. The molecule has 0 radical (unpaired) electrons. The highest BCUT2D eigenvalue weighted by molar-refractivity contribution is 8.00. The molecular formula is C22H27FN2O2S. The predicted molar refractivity (Wildman–Crippen MR) is 107 cm³/mol. The number of carbonyl (C=O) groups excluding carboxylic acids is 2. The average molecular weight is 403 g/mol. The normalized spacial score (nSPS) is 38.9. The number of carbonyl (C=O) groups is 2. The molecule has 2 N–H and O–H groups in total. The van der Waals surface area contributed by atoms with Crippen LogP contribution < -0.4 is 10.6 Å². The standard InChI is InChI=1S/C22H27FN2O2S/c23-17-3-1-13(2-4-17)8-19-21(27)24-18(12-28-19)20(26)25-22-9-14-5-15(10-22)7-16(6-14)11-22/h1-4,14-16,18-19H,5-12H2,(H,24,27)(H,25,26). The largest absolute Gasteiger partial charge is 0.349 e. The summed E-state index contributed by atoms with van der Waals surface area (Å²) in [4.78, 5) is 25.5. The molecule has 2 unspecified atom stereocenters. The van der Waals surface area contributed by atoms with Crippen LogP contribution in [-0.2, 0) is 16.0 Å². The minimum atomic E-state index is -0.449. The Kier molecular flexibility index (Phi) is 4.65. The van der Waals surface area contributed by atoms with E-state index >= 15 is 0 Å². The highest BCUT2D eigenvalue weighted by Gasteiger charge is 2.52. The first-order valence-electron chi connectivity index (χ1n) is 10.5.